The zero-order valence-electron chi connectivity index (χ0n) is 13.3. The fourth-order valence-electron chi connectivity index (χ4n) is 1.79. The monoisotopic (exact) mass is 295 g/mol. The molecule has 5 nitrogen and oxygen atoms in total. The highest BCUT2D eigenvalue weighted by Gasteiger charge is 2.17. The topological polar surface area (TPSA) is 56.8 Å². The van der Waals surface area contributed by atoms with Gasteiger partial charge in [0.05, 0.1) is 13.2 Å². The van der Waals surface area contributed by atoms with E-state index in [-0.39, 0.29) is 5.97 Å². The van der Waals surface area contributed by atoms with Crippen molar-refractivity contribution < 1.29 is 19.0 Å². The van der Waals surface area contributed by atoms with Crippen molar-refractivity contribution in [3.63, 3.8) is 0 Å². The van der Waals surface area contributed by atoms with Crippen LogP contribution >= 0.6 is 0 Å². The average molecular weight is 295 g/mol. The minimum Gasteiger partial charge on any atom is -0.493 e. The summed E-state index contributed by atoms with van der Waals surface area (Å²) in [5.41, 5.74) is 0.970. The lowest BCUT2D eigenvalue weighted by Gasteiger charge is -2.17. The lowest BCUT2D eigenvalue weighted by molar-refractivity contribution is -0.150. The molecule has 0 aliphatic carbocycles. The lowest BCUT2D eigenvalue weighted by atomic mass is 10.2. The molecular formula is C16H25NO4. The molecule has 1 unspecified atom stereocenters. The van der Waals surface area contributed by atoms with Crippen molar-refractivity contribution >= 4 is 5.97 Å². The molecule has 0 amide bonds. The van der Waals surface area contributed by atoms with Crippen LogP contribution in [0.4, 0.5) is 0 Å². The van der Waals surface area contributed by atoms with Crippen LogP contribution in [0, 0.1) is 0 Å². The number of rotatable bonds is 9. The Labute approximate surface area is 126 Å². The zero-order chi connectivity index (χ0) is 15.7. The number of hydrogen-bond donors (Lipinski definition) is 1. The molecule has 0 saturated carbocycles. The fourth-order valence-corrected chi connectivity index (χ4v) is 1.79. The molecule has 5 heteroatoms. The van der Waals surface area contributed by atoms with E-state index in [1.165, 1.54) is 0 Å². The van der Waals surface area contributed by atoms with Crippen molar-refractivity contribution in [1.29, 1.82) is 0 Å². The predicted octanol–water partition coefficient (Wildman–Crippen LogP) is 2.53. The lowest BCUT2D eigenvalue weighted by Crippen LogP contribution is -2.26. The zero-order valence-corrected chi connectivity index (χ0v) is 13.3. The molecule has 1 atom stereocenters. The molecule has 1 N–H and O–H groups in total. The Hall–Kier alpha value is -1.75. The molecule has 0 spiro atoms. The summed E-state index contributed by atoms with van der Waals surface area (Å²) >= 11 is 0. The first-order valence-electron chi connectivity index (χ1n) is 7.35. The first-order valence-corrected chi connectivity index (χ1v) is 7.35. The molecular weight excluding hydrogens is 270 g/mol. The first-order chi connectivity index (χ1) is 10.1. The van der Waals surface area contributed by atoms with Gasteiger partial charge >= 0.3 is 5.97 Å². The molecule has 0 aliphatic heterocycles. The minimum absolute atomic E-state index is 0.343. The third kappa shape index (κ3) is 5.63. The molecule has 0 saturated heterocycles. The Kier molecular flexibility index (Phi) is 7.61. The van der Waals surface area contributed by atoms with Crippen LogP contribution in [0.3, 0.4) is 0 Å². The highest BCUT2D eigenvalue weighted by Crippen LogP contribution is 2.26. The summed E-state index contributed by atoms with van der Waals surface area (Å²) in [4.78, 5) is 11.7. The van der Waals surface area contributed by atoms with E-state index >= 15 is 0 Å². The molecule has 118 valence electrons. The second-order valence-electron chi connectivity index (χ2n) is 4.66. The molecule has 21 heavy (non-hydrogen) atoms. The quantitative estimate of drug-likeness (QED) is 0.709. The summed E-state index contributed by atoms with van der Waals surface area (Å²) in [5.74, 6) is 1.01. The van der Waals surface area contributed by atoms with Crippen LogP contribution in [-0.4, -0.2) is 32.3 Å². The van der Waals surface area contributed by atoms with Gasteiger partial charge in [-0.1, -0.05) is 13.0 Å². The summed E-state index contributed by atoms with van der Waals surface area (Å²) in [7, 11) is 1.86. The van der Waals surface area contributed by atoms with Crippen molar-refractivity contribution in [3.05, 3.63) is 23.8 Å². The summed E-state index contributed by atoms with van der Waals surface area (Å²) in [6.45, 7) is 7.15. The van der Waals surface area contributed by atoms with Crippen LogP contribution in [-0.2, 0) is 16.1 Å². The van der Waals surface area contributed by atoms with E-state index in [2.05, 4.69) is 12.2 Å². The number of esters is 1. The Morgan fingerprint density at radius 1 is 1.33 bits per heavy atom. The molecule has 0 fully saturated rings. The largest absolute Gasteiger partial charge is 0.493 e. The van der Waals surface area contributed by atoms with Crippen LogP contribution in [0.1, 0.15) is 32.8 Å². The normalized spacial score (nSPS) is 11.8. The van der Waals surface area contributed by atoms with Gasteiger partial charge in [0, 0.05) is 18.2 Å². The SMILES string of the molecule is CCCOc1ccc(CNC)c(OC(C)C(=O)OCC)c1. The van der Waals surface area contributed by atoms with E-state index in [1.54, 1.807) is 13.8 Å². The van der Waals surface area contributed by atoms with E-state index in [0.717, 1.165) is 17.7 Å². The number of nitrogens with one attached hydrogen (secondary N) is 1. The van der Waals surface area contributed by atoms with Gasteiger partial charge in [-0.15, -0.1) is 0 Å². The fraction of sp³-hybridized carbons (Fsp3) is 0.562. The number of ether oxygens (including phenoxy) is 3. The Morgan fingerprint density at radius 3 is 2.71 bits per heavy atom. The van der Waals surface area contributed by atoms with Crippen LogP contribution < -0.4 is 14.8 Å². The van der Waals surface area contributed by atoms with Gasteiger partial charge in [-0.25, -0.2) is 4.79 Å². The predicted molar refractivity (Wildman–Crippen MR) is 81.7 cm³/mol. The number of hydrogen-bond acceptors (Lipinski definition) is 5. The number of carbonyl (C=O) groups is 1. The highest BCUT2D eigenvalue weighted by atomic mass is 16.6. The van der Waals surface area contributed by atoms with Crippen molar-refractivity contribution in [1.82, 2.24) is 5.32 Å². The van der Waals surface area contributed by atoms with Crippen LogP contribution in [0.5, 0.6) is 11.5 Å². The van der Waals surface area contributed by atoms with Crippen molar-refractivity contribution in [2.24, 2.45) is 0 Å². The van der Waals surface area contributed by atoms with E-state index in [9.17, 15) is 4.79 Å². The summed E-state index contributed by atoms with van der Waals surface area (Å²) < 4.78 is 16.3. The van der Waals surface area contributed by atoms with E-state index in [1.807, 2.05) is 25.2 Å². The van der Waals surface area contributed by atoms with E-state index < -0.39 is 6.10 Å². The Morgan fingerprint density at radius 2 is 2.10 bits per heavy atom. The highest BCUT2D eigenvalue weighted by molar-refractivity contribution is 5.74. The van der Waals surface area contributed by atoms with Crippen LogP contribution in [0.2, 0.25) is 0 Å². The third-order valence-corrected chi connectivity index (χ3v) is 2.80. The summed E-state index contributed by atoms with van der Waals surface area (Å²) in [5, 5.41) is 3.08. The molecule has 1 aromatic rings. The van der Waals surface area contributed by atoms with Gasteiger partial charge in [0.2, 0.25) is 0 Å². The maximum absolute atomic E-state index is 11.7. The smallest absolute Gasteiger partial charge is 0.347 e. The molecule has 0 radical (unpaired) electrons. The summed E-state index contributed by atoms with van der Waals surface area (Å²) in [6, 6.07) is 5.66. The Bertz CT molecular complexity index is 448. The number of carbonyl (C=O) groups excluding carboxylic acids is 1. The van der Waals surface area contributed by atoms with Gasteiger partial charge in [-0.2, -0.15) is 0 Å². The van der Waals surface area contributed by atoms with Gasteiger partial charge in [0.1, 0.15) is 11.5 Å². The van der Waals surface area contributed by atoms with Gasteiger partial charge in [0.25, 0.3) is 0 Å². The minimum atomic E-state index is -0.651. The maximum atomic E-state index is 11.7. The van der Waals surface area contributed by atoms with Gasteiger partial charge in [0.15, 0.2) is 6.10 Å². The molecule has 0 bridgehead atoms. The molecule has 0 aliphatic rings. The van der Waals surface area contributed by atoms with Crippen LogP contribution in [0.15, 0.2) is 18.2 Å². The van der Waals surface area contributed by atoms with Crippen LogP contribution in [0.25, 0.3) is 0 Å². The number of benzene rings is 1. The second kappa shape index (κ2) is 9.23. The standard InChI is InChI=1S/C16H25NO4/c1-5-9-20-14-8-7-13(11-17-4)15(10-14)21-12(3)16(18)19-6-2/h7-8,10,12,17H,5-6,9,11H2,1-4H3. The van der Waals surface area contributed by atoms with Gasteiger partial charge in [-0.3, -0.25) is 0 Å². The van der Waals surface area contributed by atoms with E-state index in [0.29, 0.717) is 25.5 Å². The average Bonchev–Trinajstić information content (AvgIpc) is 2.47. The molecule has 0 aromatic heterocycles. The Balaban J connectivity index is 2.86. The maximum Gasteiger partial charge on any atom is 0.347 e. The second-order valence-corrected chi connectivity index (χ2v) is 4.66. The van der Waals surface area contributed by atoms with Crippen molar-refractivity contribution in [2.45, 2.75) is 39.8 Å². The third-order valence-electron chi connectivity index (χ3n) is 2.80. The summed E-state index contributed by atoms with van der Waals surface area (Å²) in [6.07, 6.45) is 0.287. The molecule has 1 rings (SSSR count). The van der Waals surface area contributed by atoms with Crippen molar-refractivity contribution in [2.75, 3.05) is 20.3 Å². The van der Waals surface area contributed by atoms with Gasteiger partial charge < -0.3 is 19.5 Å². The molecule has 0 heterocycles. The van der Waals surface area contributed by atoms with E-state index in [4.69, 9.17) is 14.2 Å². The molecule has 1 aromatic carbocycles. The van der Waals surface area contributed by atoms with Crippen molar-refractivity contribution in [3.8, 4) is 11.5 Å². The first kappa shape index (κ1) is 17.3. The van der Waals surface area contributed by atoms with Gasteiger partial charge in [-0.05, 0) is 33.4 Å².